The van der Waals surface area contributed by atoms with Gasteiger partial charge in [0.1, 0.15) is 5.15 Å². The Morgan fingerprint density at radius 3 is 2.95 bits per heavy atom. The van der Waals surface area contributed by atoms with Crippen molar-refractivity contribution in [1.82, 2.24) is 4.98 Å². The summed E-state index contributed by atoms with van der Waals surface area (Å²) in [5.74, 6) is 0.00106. The number of hydrogen-bond donors (Lipinski definition) is 0. The monoisotopic (exact) mass is 300 g/mol. The van der Waals surface area contributed by atoms with Crippen LogP contribution < -0.4 is 4.90 Å². The summed E-state index contributed by atoms with van der Waals surface area (Å²) in [6.45, 7) is 2.75. The molecule has 0 saturated carbocycles. The SMILES string of the molecule is CCc1cc(C(=O)N2CCCc3ccccc32)cc(Cl)n1. The van der Waals surface area contributed by atoms with Gasteiger partial charge in [-0.05, 0) is 43.0 Å². The zero-order chi connectivity index (χ0) is 14.8. The van der Waals surface area contributed by atoms with Gasteiger partial charge >= 0.3 is 0 Å². The van der Waals surface area contributed by atoms with Gasteiger partial charge < -0.3 is 4.90 Å². The summed E-state index contributed by atoms with van der Waals surface area (Å²) in [6.07, 6.45) is 2.77. The molecule has 2 heterocycles. The van der Waals surface area contributed by atoms with Crippen molar-refractivity contribution in [1.29, 1.82) is 0 Å². The summed E-state index contributed by atoms with van der Waals surface area (Å²) in [5, 5.41) is 0.378. The number of pyridine rings is 1. The van der Waals surface area contributed by atoms with Crippen molar-refractivity contribution in [2.45, 2.75) is 26.2 Å². The van der Waals surface area contributed by atoms with E-state index < -0.39 is 0 Å². The standard InChI is InChI=1S/C17H17ClN2O/c1-2-14-10-13(11-16(18)19-14)17(21)20-9-5-7-12-6-3-4-8-15(12)20/h3-4,6,8,10-11H,2,5,7,9H2,1H3. The Hall–Kier alpha value is -1.87. The normalized spacial score (nSPS) is 13.9. The second-order valence-corrected chi connectivity index (χ2v) is 5.60. The highest BCUT2D eigenvalue weighted by Gasteiger charge is 2.23. The van der Waals surface area contributed by atoms with E-state index >= 15 is 0 Å². The highest BCUT2D eigenvalue weighted by molar-refractivity contribution is 6.30. The average Bonchev–Trinajstić information content (AvgIpc) is 2.53. The molecule has 0 N–H and O–H groups in total. The van der Waals surface area contributed by atoms with Crippen molar-refractivity contribution in [3.05, 3.63) is 58.4 Å². The first-order valence-electron chi connectivity index (χ1n) is 7.25. The van der Waals surface area contributed by atoms with E-state index in [4.69, 9.17) is 11.6 Å². The van der Waals surface area contributed by atoms with Gasteiger partial charge in [-0.3, -0.25) is 4.79 Å². The smallest absolute Gasteiger partial charge is 0.258 e. The molecule has 0 atom stereocenters. The van der Waals surface area contributed by atoms with Crippen LogP contribution >= 0.6 is 11.6 Å². The van der Waals surface area contributed by atoms with E-state index in [0.717, 1.165) is 37.2 Å². The highest BCUT2D eigenvalue weighted by Crippen LogP contribution is 2.28. The highest BCUT2D eigenvalue weighted by atomic mass is 35.5. The lowest BCUT2D eigenvalue weighted by molar-refractivity contribution is 0.0985. The largest absolute Gasteiger partial charge is 0.308 e. The molecule has 1 aromatic heterocycles. The molecule has 3 rings (SSSR count). The second kappa shape index (κ2) is 5.86. The molecule has 0 fully saturated rings. The number of para-hydroxylation sites is 1. The number of halogens is 1. The van der Waals surface area contributed by atoms with Crippen LogP contribution in [0.15, 0.2) is 36.4 Å². The van der Waals surface area contributed by atoms with Gasteiger partial charge in [0.15, 0.2) is 0 Å². The minimum atomic E-state index is 0.00106. The summed E-state index contributed by atoms with van der Waals surface area (Å²) >= 11 is 6.03. The minimum absolute atomic E-state index is 0.00106. The molecule has 0 bridgehead atoms. The summed E-state index contributed by atoms with van der Waals surface area (Å²) < 4.78 is 0. The Morgan fingerprint density at radius 1 is 1.33 bits per heavy atom. The number of anilines is 1. The molecule has 1 aromatic carbocycles. The third-order valence-electron chi connectivity index (χ3n) is 3.81. The zero-order valence-electron chi connectivity index (χ0n) is 12.0. The van der Waals surface area contributed by atoms with Crippen LogP contribution in [0.1, 0.15) is 35.0 Å². The average molecular weight is 301 g/mol. The maximum absolute atomic E-state index is 12.8. The lowest BCUT2D eigenvalue weighted by Crippen LogP contribution is -2.35. The maximum Gasteiger partial charge on any atom is 0.258 e. The van der Waals surface area contributed by atoms with Gasteiger partial charge in [0.2, 0.25) is 0 Å². The topological polar surface area (TPSA) is 33.2 Å². The van der Waals surface area contributed by atoms with Crippen molar-refractivity contribution >= 4 is 23.2 Å². The molecule has 21 heavy (non-hydrogen) atoms. The maximum atomic E-state index is 12.8. The fourth-order valence-electron chi connectivity index (χ4n) is 2.76. The van der Waals surface area contributed by atoms with Gasteiger partial charge in [-0.25, -0.2) is 4.98 Å². The molecular formula is C17H17ClN2O. The molecule has 0 spiro atoms. The number of benzene rings is 1. The molecule has 108 valence electrons. The van der Waals surface area contributed by atoms with Crippen molar-refractivity contribution < 1.29 is 4.79 Å². The number of hydrogen-bond acceptors (Lipinski definition) is 2. The molecule has 4 heteroatoms. The van der Waals surface area contributed by atoms with E-state index in [9.17, 15) is 4.79 Å². The number of aromatic nitrogens is 1. The number of aryl methyl sites for hydroxylation is 2. The summed E-state index contributed by atoms with van der Waals surface area (Å²) in [6, 6.07) is 11.6. The first-order valence-corrected chi connectivity index (χ1v) is 7.63. The summed E-state index contributed by atoms with van der Waals surface area (Å²) in [4.78, 5) is 18.9. The predicted octanol–water partition coefficient (Wildman–Crippen LogP) is 3.89. The van der Waals surface area contributed by atoms with Crippen molar-refractivity contribution in [3.63, 3.8) is 0 Å². The Labute approximate surface area is 129 Å². The number of rotatable bonds is 2. The first-order chi connectivity index (χ1) is 10.2. The third-order valence-corrected chi connectivity index (χ3v) is 4.01. The van der Waals surface area contributed by atoms with Gasteiger partial charge in [-0.15, -0.1) is 0 Å². The number of amides is 1. The van der Waals surface area contributed by atoms with Gasteiger partial charge in [-0.1, -0.05) is 36.7 Å². The predicted molar refractivity (Wildman–Crippen MR) is 85.1 cm³/mol. The number of nitrogens with zero attached hydrogens (tertiary/aromatic N) is 2. The summed E-state index contributed by atoms with van der Waals surface area (Å²) in [7, 11) is 0. The molecule has 0 aliphatic carbocycles. The Bertz CT molecular complexity index is 684. The molecule has 1 aliphatic heterocycles. The van der Waals surface area contributed by atoms with Gasteiger partial charge in [0.05, 0.1) is 0 Å². The van der Waals surface area contributed by atoms with Crippen LogP contribution in [0.25, 0.3) is 0 Å². The Kier molecular flexibility index (Phi) is 3.93. The van der Waals surface area contributed by atoms with E-state index in [1.54, 1.807) is 6.07 Å². The van der Waals surface area contributed by atoms with Crippen LogP contribution in [0.5, 0.6) is 0 Å². The molecule has 1 amide bonds. The van der Waals surface area contributed by atoms with Crippen LogP contribution in [-0.2, 0) is 12.8 Å². The quantitative estimate of drug-likeness (QED) is 0.788. The van der Waals surface area contributed by atoms with Gasteiger partial charge in [0, 0.05) is 23.5 Å². The van der Waals surface area contributed by atoms with Crippen molar-refractivity contribution in [2.75, 3.05) is 11.4 Å². The molecule has 0 unspecified atom stereocenters. The van der Waals surface area contributed by atoms with E-state index in [2.05, 4.69) is 11.1 Å². The zero-order valence-corrected chi connectivity index (χ0v) is 12.7. The van der Waals surface area contributed by atoms with E-state index in [1.165, 1.54) is 5.56 Å². The van der Waals surface area contributed by atoms with Crippen LogP contribution in [0.4, 0.5) is 5.69 Å². The number of carbonyl (C=O) groups is 1. The van der Waals surface area contributed by atoms with E-state index in [-0.39, 0.29) is 5.91 Å². The minimum Gasteiger partial charge on any atom is -0.308 e. The fraction of sp³-hybridized carbons (Fsp3) is 0.294. The number of carbonyl (C=O) groups excluding carboxylic acids is 1. The Morgan fingerprint density at radius 2 is 2.14 bits per heavy atom. The van der Waals surface area contributed by atoms with Crippen LogP contribution in [0.3, 0.4) is 0 Å². The van der Waals surface area contributed by atoms with E-state index in [0.29, 0.717) is 10.7 Å². The van der Waals surface area contributed by atoms with Crippen LogP contribution in [-0.4, -0.2) is 17.4 Å². The second-order valence-electron chi connectivity index (χ2n) is 5.21. The number of fused-ring (bicyclic) bond motifs is 1. The fourth-order valence-corrected chi connectivity index (χ4v) is 2.98. The van der Waals surface area contributed by atoms with Crippen LogP contribution in [0, 0.1) is 0 Å². The van der Waals surface area contributed by atoms with Gasteiger partial charge in [-0.2, -0.15) is 0 Å². The lowest BCUT2D eigenvalue weighted by atomic mass is 10.0. The Balaban J connectivity index is 1.98. The molecule has 1 aliphatic rings. The molecule has 0 radical (unpaired) electrons. The first kappa shape index (κ1) is 14.1. The molecule has 2 aromatic rings. The molecular weight excluding hydrogens is 284 g/mol. The van der Waals surface area contributed by atoms with E-state index in [1.807, 2.05) is 36.1 Å². The van der Waals surface area contributed by atoms with Crippen molar-refractivity contribution in [3.8, 4) is 0 Å². The molecule has 0 saturated heterocycles. The summed E-state index contributed by atoms with van der Waals surface area (Å²) in [5.41, 5.74) is 3.70. The van der Waals surface area contributed by atoms with Crippen LogP contribution in [0.2, 0.25) is 5.15 Å². The van der Waals surface area contributed by atoms with Gasteiger partial charge in [0.25, 0.3) is 5.91 Å². The lowest BCUT2D eigenvalue weighted by Gasteiger charge is -2.29. The molecule has 3 nitrogen and oxygen atoms in total. The van der Waals surface area contributed by atoms with Crippen molar-refractivity contribution in [2.24, 2.45) is 0 Å². The third kappa shape index (κ3) is 2.79.